The van der Waals surface area contributed by atoms with Crippen LogP contribution in [-0.4, -0.2) is 369 Å². The molecule has 23 aliphatic heterocycles. The maximum Gasteiger partial charge on any atom is 0.187 e. The first kappa shape index (κ1) is 65.1. The number of ether oxygens (including phenoxy) is 14. The number of hydrogen-bond acceptors (Lipinski definition) is 35. The Kier molecular flexibility index (Phi) is 23.3. The Morgan fingerprint density at radius 2 is 0.430 bits per heavy atom. The van der Waals surface area contributed by atoms with Crippen LogP contribution >= 0.6 is 0 Å². The van der Waals surface area contributed by atoms with Crippen molar-refractivity contribution in [2.24, 2.45) is 5.92 Å². The van der Waals surface area contributed by atoms with Gasteiger partial charge in [0.2, 0.25) is 0 Å². The van der Waals surface area contributed by atoms with Crippen molar-refractivity contribution in [3.05, 3.63) is 0 Å². The summed E-state index contributed by atoms with van der Waals surface area (Å²) in [7, 11) is 1.38. The summed E-state index contributed by atoms with van der Waals surface area (Å²) in [5.41, 5.74) is 0. The van der Waals surface area contributed by atoms with Crippen molar-refractivity contribution in [2.75, 3.05) is 53.4 Å². The Bertz CT molecular complexity index is 1530. The average molecular weight is 1170 g/mol. The summed E-state index contributed by atoms with van der Waals surface area (Å²) in [6.07, 6.45) is -61.8. The van der Waals surface area contributed by atoms with E-state index in [0.29, 0.717) is 0 Å². The second-order valence-corrected chi connectivity index (χ2v) is 20.1. The van der Waals surface area contributed by atoms with Gasteiger partial charge in [-0.15, -0.1) is 0 Å². The molecule has 23 saturated heterocycles. The molecule has 0 aromatic rings. The number of aliphatic hydroxyl groups is 21. The number of aliphatic hydroxyl groups excluding tert-OH is 21. The van der Waals surface area contributed by atoms with Gasteiger partial charge in [0.05, 0.1) is 58.5 Å². The highest BCUT2D eigenvalue weighted by atomic mass is 16.8. The molecule has 0 saturated carbocycles. The van der Waals surface area contributed by atoms with Crippen molar-refractivity contribution in [1.29, 1.82) is 0 Å². The quantitative estimate of drug-likeness (QED) is 0.107. The molecule has 23 aliphatic rings. The van der Waals surface area contributed by atoms with Gasteiger partial charge >= 0.3 is 0 Å². The molecule has 23 fully saturated rings. The van der Waals surface area contributed by atoms with E-state index in [4.69, 9.17) is 71.4 Å². The first-order valence-electron chi connectivity index (χ1n) is 25.4. The first-order valence-corrected chi connectivity index (χ1v) is 25.4. The minimum Gasteiger partial charge on any atom is -0.394 e. The maximum atomic E-state index is 11.2. The van der Waals surface area contributed by atoms with E-state index in [2.05, 4.69) is 0 Å². The van der Waals surface area contributed by atoms with E-state index in [1.165, 1.54) is 7.11 Å². The molecule has 0 aliphatic carbocycles. The van der Waals surface area contributed by atoms with Crippen LogP contribution in [0, 0.1) is 5.92 Å². The summed E-state index contributed by atoms with van der Waals surface area (Å²) in [5, 5.41) is 223. The van der Waals surface area contributed by atoms with Crippen LogP contribution in [0.15, 0.2) is 0 Å². The van der Waals surface area contributed by atoms with Crippen molar-refractivity contribution in [3.8, 4) is 0 Å². The van der Waals surface area contributed by atoms with E-state index in [1.54, 1.807) is 6.92 Å². The van der Waals surface area contributed by atoms with Gasteiger partial charge in [0, 0.05) is 13.0 Å². The van der Waals surface area contributed by atoms with E-state index in [9.17, 15) is 102 Å². The summed E-state index contributed by atoms with van der Waals surface area (Å²) < 4.78 is 77.9. The van der Waals surface area contributed by atoms with Gasteiger partial charge in [-0.1, -0.05) is 6.92 Å². The molecule has 35 atom stereocenters. The van der Waals surface area contributed by atoms with Crippen LogP contribution in [0.4, 0.5) is 0 Å². The Morgan fingerprint density at radius 3 is 0.595 bits per heavy atom. The molecule has 35 heteroatoms. The van der Waals surface area contributed by atoms with Crippen molar-refractivity contribution in [3.63, 3.8) is 0 Å². The maximum absolute atomic E-state index is 11.2. The van der Waals surface area contributed by atoms with Crippen LogP contribution < -0.4 is 0 Å². The lowest BCUT2D eigenvalue weighted by atomic mass is 9.91. The standard InChI is InChI=1S/C36H60O30.C8H16O5/c37-1-7-25-13(43)19(49)31(55-7)62-26-8(2-38)57-33(21(51)15(26)45)64-28-10(4-40)59-35(23(53)17(28)47)66-30-12(6-42)60-36(24(54)18(30)48)65-29-11(5-41)58-34(22(52)16(29)46)63-27-9(3-39)56-32(61-25)20(50)14(27)44;1-4-5(3-9)13-8(12-2)7(11)6(4)10/h7-54H,1-6H2;4-11H,3H2,1-2H3/t7?,8?,9?,10?,11?,12?,13-,14-,15-,16-,17-,18-,19?,20?,21?,22?,23?,24?,25-,26-,27-,28-,29-,30?,31-,32-,33-,34-,35-,36-;4-,5?,6+,7?,8-/m11/s1. The molecule has 462 valence electrons. The summed E-state index contributed by atoms with van der Waals surface area (Å²) in [6, 6.07) is 0. The van der Waals surface area contributed by atoms with Gasteiger partial charge in [-0.05, 0) is 0 Å². The third-order valence-corrected chi connectivity index (χ3v) is 15.1. The lowest BCUT2D eigenvalue weighted by molar-refractivity contribution is -0.404. The average Bonchev–Trinajstić information content (AvgIpc) is 3.48. The van der Waals surface area contributed by atoms with Gasteiger partial charge in [-0.3, -0.25) is 0 Å². The Balaban J connectivity index is 0.000000609. The van der Waals surface area contributed by atoms with E-state index < -0.39 is 248 Å². The summed E-state index contributed by atoms with van der Waals surface area (Å²) in [6.45, 7) is -4.47. The van der Waals surface area contributed by atoms with Crippen molar-refractivity contribution in [1.82, 2.24) is 0 Å². The Hall–Kier alpha value is -1.40. The lowest BCUT2D eigenvalue weighted by Crippen LogP contribution is -2.69. The van der Waals surface area contributed by atoms with E-state index in [0.717, 1.165) is 0 Å². The fourth-order valence-corrected chi connectivity index (χ4v) is 10.4. The number of hydrogen-bond donors (Lipinski definition) is 21. The zero-order valence-corrected chi connectivity index (χ0v) is 42.3. The molecule has 12 bridgehead atoms. The highest BCUT2D eigenvalue weighted by molar-refractivity contribution is 5.01. The lowest BCUT2D eigenvalue weighted by Gasteiger charge is -2.50. The van der Waals surface area contributed by atoms with Gasteiger partial charge in [0.15, 0.2) is 44.0 Å². The monoisotopic (exact) mass is 1160 g/mol. The normalized spacial score (nSPS) is 53.9. The second kappa shape index (κ2) is 28.2. The molecule has 23 rings (SSSR count). The fourth-order valence-electron chi connectivity index (χ4n) is 10.4. The first-order chi connectivity index (χ1) is 37.5. The molecule has 0 spiro atoms. The molecule has 79 heavy (non-hydrogen) atoms. The predicted molar refractivity (Wildman–Crippen MR) is 240 cm³/mol. The van der Waals surface area contributed by atoms with Crippen LogP contribution in [0.5, 0.6) is 0 Å². The molecule has 35 nitrogen and oxygen atoms in total. The summed E-state index contributed by atoms with van der Waals surface area (Å²) in [4.78, 5) is 0. The highest BCUT2D eigenvalue weighted by Crippen LogP contribution is 2.38. The largest absolute Gasteiger partial charge is 0.394 e. The van der Waals surface area contributed by atoms with Gasteiger partial charge in [0.25, 0.3) is 0 Å². The minimum absolute atomic E-state index is 0.190. The SMILES string of the molecule is CO[C@@H]1OC(CO)[C@@H](C)[C@H](O)C1O.OCC1O[C@@H]2O[C@@H]3C(CO)O[C@H](O[C@@H]4C(CO)O[C@H](O[C@@H]5C(CO)O[C@H](O[C@@H]6C(CO)O[C@H](O[C@@H]7C(CO)O[C@H](OC1[C@H](O)C2O)C(O)[C@H]7O)C(O)[C@H]6O)C(O)[C@H]5O)C(O)[C@H]4O)C(O)[C@H]3O. The van der Waals surface area contributed by atoms with Gasteiger partial charge in [-0.2, -0.15) is 0 Å². The third kappa shape index (κ3) is 13.4. The van der Waals surface area contributed by atoms with Crippen LogP contribution in [0.3, 0.4) is 0 Å². The highest BCUT2D eigenvalue weighted by Gasteiger charge is 2.59. The Labute approximate surface area is 448 Å². The smallest absolute Gasteiger partial charge is 0.187 e. The van der Waals surface area contributed by atoms with Gasteiger partial charge in [-0.25, -0.2) is 0 Å². The molecule has 0 aromatic carbocycles. The molecule has 15 unspecified atom stereocenters. The number of rotatable bonds is 8. The van der Waals surface area contributed by atoms with Crippen LogP contribution in [0.2, 0.25) is 0 Å². The van der Waals surface area contributed by atoms with E-state index >= 15 is 0 Å². The van der Waals surface area contributed by atoms with Crippen molar-refractivity contribution in [2.45, 2.75) is 216 Å². The van der Waals surface area contributed by atoms with Gasteiger partial charge < -0.3 is 174 Å². The van der Waals surface area contributed by atoms with E-state index in [1.807, 2.05) is 0 Å². The molecule has 0 amide bonds. The zero-order valence-electron chi connectivity index (χ0n) is 42.3. The second-order valence-electron chi connectivity index (χ2n) is 20.1. The molecule has 23 heterocycles. The summed E-state index contributed by atoms with van der Waals surface area (Å²) >= 11 is 0. The molecule has 0 aromatic heterocycles. The molecule has 21 N–H and O–H groups in total. The van der Waals surface area contributed by atoms with Crippen LogP contribution in [0.1, 0.15) is 6.92 Å². The van der Waals surface area contributed by atoms with E-state index in [-0.39, 0.29) is 12.5 Å². The predicted octanol–water partition coefficient (Wildman–Crippen LogP) is -14.3. The topological polar surface area (TPSA) is 554 Å². The molecule has 0 radical (unpaired) electrons. The third-order valence-electron chi connectivity index (χ3n) is 15.1. The van der Waals surface area contributed by atoms with Crippen molar-refractivity contribution < 1.29 is 174 Å². The Morgan fingerprint density at radius 1 is 0.241 bits per heavy atom. The number of methoxy groups -OCH3 is 1. The van der Waals surface area contributed by atoms with Crippen LogP contribution in [0.25, 0.3) is 0 Å². The van der Waals surface area contributed by atoms with Crippen LogP contribution in [-0.2, 0) is 66.3 Å². The summed E-state index contributed by atoms with van der Waals surface area (Å²) in [5.74, 6) is -0.300. The van der Waals surface area contributed by atoms with Crippen molar-refractivity contribution >= 4 is 0 Å². The minimum atomic E-state index is -2.15. The molecular weight excluding hydrogens is 1090 g/mol. The fraction of sp³-hybridized carbons (Fsp3) is 1.00. The van der Waals surface area contributed by atoms with Gasteiger partial charge in [0.1, 0.15) is 153 Å². The zero-order chi connectivity index (χ0) is 58.1. The molecular formula is C44H76O35.